The number of rotatable bonds is 4. The molecule has 18 heavy (non-hydrogen) atoms. The molecule has 1 amide bonds. The second-order valence-corrected chi connectivity index (χ2v) is 6.50. The third-order valence-electron chi connectivity index (χ3n) is 4.03. The fraction of sp³-hybridized carbons (Fsp3) is 0.857. The van der Waals surface area contributed by atoms with Crippen molar-refractivity contribution in [1.82, 2.24) is 4.90 Å². The van der Waals surface area contributed by atoms with Crippen LogP contribution in [-0.4, -0.2) is 28.9 Å². The van der Waals surface area contributed by atoms with E-state index in [-0.39, 0.29) is 17.7 Å². The van der Waals surface area contributed by atoms with E-state index in [1.54, 1.807) is 0 Å². The molecule has 1 saturated heterocycles. The molecule has 0 aromatic heterocycles. The molecule has 0 spiro atoms. The van der Waals surface area contributed by atoms with E-state index in [2.05, 4.69) is 13.8 Å². The van der Waals surface area contributed by atoms with Gasteiger partial charge in [-0.25, -0.2) is 0 Å². The number of carbonyl (C=O) groups is 1. The first-order chi connectivity index (χ1) is 8.34. The minimum atomic E-state index is -0.296. The highest BCUT2D eigenvalue weighted by atomic mass is 32.1. The van der Waals surface area contributed by atoms with Crippen molar-refractivity contribution >= 4 is 23.1 Å². The topological polar surface area (TPSA) is 46.3 Å². The number of likely N-dealkylation sites (tertiary alicyclic amines) is 1. The molecule has 1 heterocycles. The van der Waals surface area contributed by atoms with E-state index in [9.17, 15) is 4.79 Å². The predicted octanol–water partition coefficient (Wildman–Crippen LogP) is 2.44. The molecule has 0 aliphatic carbocycles. The lowest BCUT2D eigenvalue weighted by atomic mass is 9.85. The van der Waals surface area contributed by atoms with Gasteiger partial charge in [0.15, 0.2) is 0 Å². The zero-order valence-corrected chi connectivity index (χ0v) is 12.8. The quantitative estimate of drug-likeness (QED) is 0.798. The number of piperidine rings is 1. The standard InChI is InChI=1S/C14H26N2OS/c1-9(2)11-5-7-16(8-6-11)14(17)12(10(3)4)13(15)18/h9-12H,5-8H2,1-4H3,(H2,15,18). The molecule has 0 aromatic carbocycles. The van der Waals surface area contributed by atoms with Gasteiger partial charge in [0, 0.05) is 13.1 Å². The fourth-order valence-electron chi connectivity index (χ4n) is 2.72. The molecule has 0 aromatic rings. The van der Waals surface area contributed by atoms with Crippen molar-refractivity contribution in [3.05, 3.63) is 0 Å². The molecule has 4 heteroatoms. The molecule has 104 valence electrons. The number of hydrogen-bond acceptors (Lipinski definition) is 2. The van der Waals surface area contributed by atoms with Crippen LogP contribution in [0.25, 0.3) is 0 Å². The number of nitrogens with two attached hydrogens (primary N) is 1. The van der Waals surface area contributed by atoms with Crippen LogP contribution < -0.4 is 5.73 Å². The average Bonchev–Trinajstić information content (AvgIpc) is 2.28. The first kappa shape index (κ1) is 15.4. The van der Waals surface area contributed by atoms with Gasteiger partial charge < -0.3 is 10.6 Å². The largest absolute Gasteiger partial charge is 0.393 e. The van der Waals surface area contributed by atoms with E-state index >= 15 is 0 Å². The van der Waals surface area contributed by atoms with Gasteiger partial charge in [-0.3, -0.25) is 4.79 Å². The van der Waals surface area contributed by atoms with Crippen LogP contribution in [0.4, 0.5) is 0 Å². The highest BCUT2D eigenvalue weighted by molar-refractivity contribution is 7.80. The van der Waals surface area contributed by atoms with Crippen LogP contribution >= 0.6 is 12.2 Å². The van der Waals surface area contributed by atoms with Gasteiger partial charge in [-0.2, -0.15) is 0 Å². The molecule has 1 rings (SSSR count). The summed E-state index contributed by atoms with van der Waals surface area (Å²) in [6, 6.07) is 0. The number of carbonyl (C=O) groups excluding carboxylic acids is 1. The van der Waals surface area contributed by atoms with Gasteiger partial charge in [0.05, 0.1) is 10.9 Å². The zero-order valence-electron chi connectivity index (χ0n) is 12.0. The molecular weight excluding hydrogens is 244 g/mol. The Morgan fingerprint density at radius 3 is 2.06 bits per heavy atom. The van der Waals surface area contributed by atoms with Crippen LogP contribution in [0.2, 0.25) is 0 Å². The minimum Gasteiger partial charge on any atom is -0.393 e. The summed E-state index contributed by atoms with van der Waals surface area (Å²) in [6.07, 6.45) is 2.21. The Bertz CT molecular complexity index is 307. The Morgan fingerprint density at radius 1 is 1.22 bits per heavy atom. The first-order valence-electron chi connectivity index (χ1n) is 6.92. The Morgan fingerprint density at radius 2 is 1.72 bits per heavy atom. The molecule has 1 atom stereocenters. The summed E-state index contributed by atoms with van der Waals surface area (Å²) in [5, 5.41) is 0. The molecule has 1 aliphatic heterocycles. The van der Waals surface area contributed by atoms with Gasteiger partial charge in [-0.05, 0) is 30.6 Å². The van der Waals surface area contributed by atoms with Gasteiger partial charge in [-0.15, -0.1) is 0 Å². The van der Waals surface area contributed by atoms with Crippen LogP contribution in [0.15, 0.2) is 0 Å². The van der Waals surface area contributed by atoms with Crippen molar-refractivity contribution < 1.29 is 4.79 Å². The maximum atomic E-state index is 12.4. The van der Waals surface area contributed by atoms with E-state index in [4.69, 9.17) is 18.0 Å². The lowest BCUT2D eigenvalue weighted by Gasteiger charge is -2.36. The molecule has 0 bridgehead atoms. The maximum Gasteiger partial charge on any atom is 0.232 e. The monoisotopic (exact) mass is 270 g/mol. The van der Waals surface area contributed by atoms with E-state index < -0.39 is 0 Å². The molecule has 2 N–H and O–H groups in total. The highest BCUT2D eigenvalue weighted by Gasteiger charge is 2.32. The number of thiocarbonyl (C=S) groups is 1. The summed E-state index contributed by atoms with van der Waals surface area (Å²) >= 11 is 5.03. The predicted molar refractivity (Wildman–Crippen MR) is 79.3 cm³/mol. The third-order valence-corrected chi connectivity index (χ3v) is 4.29. The fourth-order valence-corrected chi connectivity index (χ4v) is 3.09. The third kappa shape index (κ3) is 3.67. The van der Waals surface area contributed by atoms with E-state index in [0.717, 1.165) is 31.8 Å². The first-order valence-corrected chi connectivity index (χ1v) is 7.33. The number of nitrogens with zero attached hydrogens (tertiary/aromatic N) is 1. The van der Waals surface area contributed by atoms with Crippen molar-refractivity contribution in [3.63, 3.8) is 0 Å². The number of hydrogen-bond donors (Lipinski definition) is 1. The average molecular weight is 270 g/mol. The van der Waals surface area contributed by atoms with Gasteiger partial charge in [0.2, 0.25) is 5.91 Å². The summed E-state index contributed by atoms with van der Waals surface area (Å²) in [6.45, 7) is 10.2. The van der Waals surface area contributed by atoms with Crippen LogP contribution in [0, 0.1) is 23.7 Å². The maximum absolute atomic E-state index is 12.4. The summed E-state index contributed by atoms with van der Waals surface area (Å²) in [4.78, 5) is 14.7. The zero-order chi connectivity index (χ0) is 13.9. The molecular formula is C14H26N2OS. The smallest absolute Gasteiger partial charge is 0.232 e. The van der Waals surface area contributed by atoms with Crippen LogP contribution in [0.3, 0.4) is 0 Å². The van der Waals surface area contributed by atoms with Crippen molar-refractivity contribution in [2.45, 2.75) is 40.5 Å². The molecule has 0 saturated carbocycles. The van der Waals surface area contributed by atoms with Crippen molar-refractivity contribution in [2.75, 3.05) is 13.1 Å². The Balaban J connectivity index is 2.61. The van der Waals surface area contributed by atoms with Crippen molar-refractivity contribution in [2.24, 2.45) is 29.4 Å². The van der Waals surface area contributed by atoms with Gasteiger partial charge in [-0.1, -0.05) is 39.9 Å². The highest BCUT2D eigenvalue weighted by Crippen LogP contribution is 2.26. The van der Waals surface area contributed by atoms with Gasteiger partial charge in [0.1, 0.15) is 0 Å². The second-order valence-electron chi connectivity index (χ2n) is 6.03. The summed E-state index contributed by atoms with van der Waals surface area (Å²) in [5.74, 6) is 1.46. The van der Waals surface area contributed by atoms with Crippen molar-refractivity contribution in [1.29, 1.82) is 0 Å². The Kier molecular flexibility index (Phi) is 5.57. The molecule has 1 aliphatic rings. The Hall–Kier alpha value is -0.640. The second kappa shape index (κ2) is 6.50. The van der Waals surface area contributed by atoms with E-state index in [1.807, 2.05) is 18.7 Å². The van der Waals surface area contributed by atoms with Crippen molar-refractivity contribution in [3.8, 4) is 0 Å². The summed E-state index contributed by atoms with van der Waals surface area (Å²) in [7, 11) is 0. The normalized spacial score (nSPS) is 19.3. The van der Waals surface area contributed by atoms with E-state index in [1.165, 1.54) is 0 Å². The summed E-state index contributed by atoms with van der Waals surface area (Å²) in [5.41, 5.74) is 5.70. The van der Waals surface area contributed by atoms with E-state index in [0.29, 0.717) is 10.9 Å². The minimum absolute atomic E-state index is 0.125. The molecule has 3 nitrogen and oxygen atoms in total. The lowest BCUT2D eigenvalue weighted by molar-refractivity contribution is -0.136. The van der Waals surface area contributed by atoms with Gasteiger partial charge in [0.25, 0.3) is 0 Å². The van der Waals surface area contributed by atoms with Crippen LogP contribution in [0.1, 0.15) is 40.5 Å². The molecule has 1 fully saturated rings. The lowest BCUT2D eigenvalue weighted by Crippen LogP contribution is -2.47. The Labute approximate surface area is 116 Å². The van der Waals surface area contributed by atoms with Crippen LogP contribution in [0.5, 0.6) is 0 Å². The SMILES string of the molecule is CC(C)C1CCN(C(=O)C(C(N)=S)C(C)C)CC1. The molecule has 1 unspecified atom stereocenters. The van der Waals surface area contributed by atoms with Crippen LogP contribution in [-0.2, 0) is 4.79 Å². The van der Waals surface area contributed by atoms with Gasteiger partial charge >= 0.3 is 0 Å². The summed E-state index contributed by atoms with van der Waals surface area (Å²) < 4.78 is 0. The number of amides is 1. The molecule has 0 radical (unpaired) electrons.